The van der Waals surface area contributed by atoms with Gasteiger partial charge in [-0.15, -0.1) is 0 Å². The van der Waals surface area contributed by atoms with Gasteiger partial charge in [0.15, 0.2) is 0 Å². The van der Waals surface area contributed by atoms with Gasteiger partial charge in [-0.1, -0.05) is 29.9 Å². The van der Waals surface area contributed by atoms with Crippen LogP contribution in [0, 0.1) is 6.07 Å². The average Bonchev–Trinajstić information content (AvgIpc) is 2.20. The molecule has 89 valence electrons. The molecule has 0 aliphatic carbocycles. The molecular weight excluding hydrogens is 301 g/mol. The number of benzene rings is 1. The summed E-state index contributed by atoms with van der Waals surface area (Å²) in [6, 6.07) is 6.21. The van der Waals surface area contributed by atoms with Gasteiger partial charge in [-0.05, 0) is 0 Å². The molecule has 0 aromatic heterocycles. The maximum atomic E-state index is 12.2. The van der Waals surface area contributed by atoms with Gasteiger partial charge in [-0.25, -0.2) is 5.31 Å². The molecule has 1 aromatic carbocycles. The molecule has 0 unspecified atom stereocenters. The van der Waals surface area contributed by atoms with Crippen LogP contribution >= 0.6 is 0 Å². The molecule has 0 aliphatic rings. The first-order valence-electron chi connectivity index (χ1n) is 4.16. The zero-order valence-electron chi connectivity index (χ0n) is 8.85. The Labute approximate surface area is 117 Å². The maximum Gasteiger partial charge on any atom is 0.370 e. The van der Waals surface area contributed by atoms with Crippen molar-refractivity contribution in [2.75, 3.05) is 0 Å². The van der Waals surface area contributed by atoms with Gasteiger partial charge in [0.1, 0.15) is 0 Å². The molecule has 1 N–H and O–H groups in total. The van der Waals surface area contributed by atoms with E-state index in [2.05, 4.69) is 6.07 Å². The summed E-state index contributed by atoms with van der Waals surface area (Å²) in [6.07, 6.45) is -4.26. The van der Waals surface area contributed by atoms with E-state index in [-0.39, 0.29) is 38.6 Å². The fourth-order valence-corrected chi connectivity index (χ4v) is 0.988. The van der Waals surface area contributed by atoms with Crippen molar-refractivity contribution in [2.24, 2.45) is 0 Å². The molecule has 0 saturated heterocycles. The third-order valence-corrected chi connectivity index (χ3v) is 1.80. The Kier molecular flexibility index (Phi) is 9.35. The smallest absolute Gasteiger partial charge is 0.209 e. The van der Waals surface area contributed by atoms with Crippen molar-refractivity contribution in [3.63, 3.8) is 0 Å². The van der Waals surface area contributed by atoms with E-state index in [1.807, 2.05) is 13.8 Å². The van der Waals surface area contributed by atoms with E-state index in [9.17, 15) is 13.2 Å². The van der Waals surface area contributed by atoms with Gasteiger partial charge in [0.25, 0.3) is 0 Å². The van der Waals surface area contributed by atoms with Crippen LogP contribution in [0.25, 0.3) is 0 Å². The summed E-state index contributed by atoms with van der Waals surface area (Å²) in [4.78, 5) is 0. The van der Waals surface area contributed by atoms with Gasteiger partial charge in [0.2, 0.25) is 0 Å². The van der Waals surface area contributed by atoms with Crippen LogP contribution in [-0.4, -0.2) is 5.31 Å². The fraction of sp³-hybridized carbons (Fsp3) is 0.400. The number of rotatable bonds is 1. The third-order valence-electron chi connectivity index (χ3n) is 1.80. The van der Waals surface area contributed by atoms with Gasteiger partial charge in [0, 0.05) is 32.7 Å². The van der Waals surface area contributed by atoms with Crippen molar-refractivity contribution in [1.82, 2.24) is 0 Å². The molecule has 0 amide bonds. The van der Waals surface area contributed by atoms with Crippen LogP contribution in [0.5, 0.6) is 0 Å². The average molecular weight is 312 g/mol. The van der Waals surface area contributed by atoms with Crippen molar-refractivity contribution in [2.45, 2.75) is 25.9 Å². The Hall–Kier alpha value is 0.00390. The molecule has 0 atom stereocenters. The summed E-state index contributed by atoms with van der Waals surface area (Å²) < 4.78 is 45.1. The van der Waals surface area contributed by atoms with Gasteiger partial charge in [-0.2, -0.15) is 43.0 Å². The summed E-state index contributed by atoms with van der Waals surface area (Å²) in [5.74, 6) is 0.0959. The van der Waals surface area contributed by atoms with Crippen LogP contribution in [0.2, 0.25) is 0 Å². The zero-order chi connectivity index (χ0) is 12.1. The standard InChI is InChI=1S/C10H10F3.FHO.Y/c1-7(2)8-4-3-5-9(6-8)10(11,12)13;1-2;/h4-7H,1-2H3;2H;/q-1;;. The van der Waals surface area contributed by atoms with Crippen molar-refractivity contribution in [3.8, 4) is 0 Å². The number of hydrogen-bond donors (Lipinski definition) is 1. The van der Waals surface area contributed by atoms with E-state index < -0.39 is 11.7 Å². The molecular formula is C10H11F4OY-. The second kappa shape index (κ2) is 8.15. The quantitative estimate of drug-likeness (QED) is 0.622. The number of halogens is 4. The normalized spacial score (nSPS) is 10.2. The molecule has 0 saturated carbocycles. The van der Waals surface area contributed by atoms with Crippen LogP contribution in [0.15, 0.2) is 18.2 Å². The Morgan fingerprint density at radius 1 is 1.19 bits per heavy atom. The molecule has 6 heteroatoms. The summed E-state index contributed by atoms with van der Waals surface area (Å²) in [5.41, 5.74) is 0.0357. The molecule has 1 aromatic rings. The molecule has 1 radical (unpaired) electrons. The molecule has 0 aliphatic heterocycles. The molecule has 0 spiro atoms. The largest absolute Gasteiger partial charge is 0.370 e. The molecule has 1 rings (SSSR count). The van der Waals surface area contributed by atoms with Crippen molar-refractivity contribution in [1.29, 1.82) is 0 Å². The molecule has 0 heterocycles. The van der Waals surface area contributed by atoms with Gasteiger partial charge >= 0.3 is 6.18 Å². The predicted molar refractivity (Wildman–Crippen MR) is 47.7 cm³/mol. The fourth-order valence-electron chi connectivity index (χ4n) is 0.988. The monoisotopic (exact) mass is 312 g/mol. The summed E-state index contributed by atoms with van der Waals surface area (Å²) in [7, 11) is 0. The van der Waals surface area contributed by atoms with E-state index in [0.29, 0.717) is 5.56 Å². The summed E-state index contributed by atoms with van der Waals surface area (Å²) in [5, 5.41) is 5.50. The Balaban J connectivity index is 0. The zero-order valence-corrected chi connectivity index (χ0v) is 11.7. The van der Waals surface area contributed by atoms with Crippen LogP contribution in [0.1, 0.15) is 30.9 Å². The molecule has 0 bridgehead atoms. The van der Waals surface area contributed by atoms with Crippen molar-refractivity contribution in [3.05, 3.63) is 35.4 Å². The third kappa shape index (κ3) is 5.92. The Bertz CT molecular complexity index is 299. The van der Waals surface area contributed by atoms with E-state index in [0.717, 1.165) is 6.07 Å². The van der Waals surface area contributed by atoms with Crippen LogP contribution in [0.4, 0.5) is 17.7 Å². The van der Waals surface area contributed by atoms with E-state index >= 15 is 0 Å². The van der Waals surface area contributed by atoms with Crippen LogP contribution < -0.4 is 0 Å². The van der Waals surface area contributed by atoms with Crippen molar-refractivity contribution >= 4 is 0 Å². The molecule has 16 heavy (non-hydrogen) atoms. The Morgan fingerprint density at radius 2 is 1.69 bits per heavy atom. The first kappa shape index (κ1) is 18.4. The topological polar surface area (TPSA) is 20.2 Å². The van der Waals surface area contributed by atoms with Crippen LogP contribution in [-0.2, 0) is 38.9 Å². The minimum absolute atomic E-state index is 0. The Morgan fingerprint density at radius 3 is 2.06 bits per heavy atom. The van der Waals surface area contributed by atoms with E-state index in [1.165, 1.54) is 6.07 Å². The first-order valence-corrected chi connectivity index (χ1v) is 4.16. The van der Waals surface area contributed by atoms with Crippen molar-refractivity contribution < 1.29 is 55.7 Å². The summed E-state index contributed by atoms with van der Waals surface area (Å²) in [6.45, 7) is 3.70. The van der Waals surface area contributed by atoms with Gasteiger partial charge < -0.3 is 0 Å². The molecule has 0 fully saturated rings. The van der Waals surface area contributed by atoms with E-state index in [4.69, 9.17) is 9.84 Å². The second-order valence-electron chi connectivity index (χ2n) is 3.21. The van der Waals surface area contributed by atoms with Crippen LogP contribution in [0.3, 0.4) is 0 Å². The number of alkyl halides is 3. The predicted octanol–water partition coefficient (Wildman–Crippen LogP) is 3.49. The SMILES string of the molecule is CC(C)c1c[c-]cc(C(F)(F)F)c1.OF.[Y]. The maximum absolute atomic E-state index is 12.2. The second-order valence-corrected chi connectivity index (χ2v) is 3.21. The first-order chi connectivity index (χ1) is 6.91. The van der Waals surface area contributed by atoms with E-state index in [1.54, 1.807) is 6.07 Å². The minimum atomic E-state index is -4.26. The summed E-state index contributed by atoms with van der Waals surface area (Å²) >= 11 is 0. The van der Waals surface area contributed by atoms with Gasteiger partial charge in [0.05, 0.1) is 0 Å². The number of hydrogen-bond acceptors (Lipinski definition) is 1. The minimum Gasteiger partial charge on any atom is -0.209 e. The van der Waals surface area contributed by atoms with Gasteiger partial charge in [-0.3, -0.25) is 0 Å². The molecule has 1 nitrogen and oxygen atoms in total.